The second kappa shape index (κ2) is 9.17. The molecule has 168 valence electrons. The standard InChI is InChI=1S/C22H29N3O6/c1-13(2)8-15(19(28)22(11-27)12-31-22)23-20(29)16(10-26)24-21(30)18-9-14-6-4-5-7-17(14)25(18)3/h4-7,9,13,15-16,26-27H,8,10-12H2,1-3H3,(H,23,29)(H,24,30)/t15-,16-,22+/m0/s1. The quantitative estimate of drug-likeness (QED) is 0.395. The third kappa shape index (κ3) is 4.79. The van der Waals surface area contributed by atoms with Gasteiger partial charge in [-0.05, 0) is 24.5 Å². The van der Waals surface area contributed by atoms with Gasteiger partial charge in [-0.1, -0.05) is 32.0 Å². The minimum absolute atomic E-state index is 0.0849. The van der Waals surface area contributed by atoms with E-state index in [4.69, 9.17) is 4.74 Å². The van der Waals surface area contributed by atoms with Crippen LogP contribution in [0.4, 0.5) is 0 Å². The zero-order chi connectivity index (χ0) is 22.8. The topological polar surface area (TPSA) is 133 Å². The van der Waals surface area contributed by atoms with Gasteiger partial charge in [-0.15, -0.1) is 0 Å². The van der Waals surface area contributed by atoms with Gasteiger partial charge in [0.2, 0.25) is 5.91 Å². The number of hydrogen-bond donors (Lipinski definition) is 4. The predicted molar refractivity (Wildman–Crippen MR) is 113 cm³/mol. The van der Waals surface area contributed by atoms with E-state index in [-0.39, 0.29) is 12.5 Å². The van der Waals surface area contributed by atoms with E-state index in [1.807, 2.05) is 38.1 Å². The number of nitrogens with one attached hydrogen (secondary N) is 2. The molecule has 3 atom stereocenters. The van der Waals surface area contributed by atoms with Crippen molar-refractivity contribution in [2.24, 2.45) is 13.0 Å². The lowest BCUT2D eigenvalue weighted by Crippen LogP contribution is -2.55. The summed E-state index contributed by atoms with van der Waals surface area (Å²) in [4.78, 5) is 38.3. The highest BCUT2D eigenvalue weighted by molar-refractivity contribution is 6.02. The number of aliphatic hydroxyl groups is 2. The first-order valence-electron chi connectivity index (χ1n) is 10.3. The van der Waals surface area contributed by atoms with Crippen molar-refractivity contribution in [3.63, 3.8) is 0 Å². The number of amides is 2. The van der Waals surface area contributed by atoms with E-state index in [1.54, 1.807) is 17.7 Å². The van der Waals surface area contributed by atoms with Gasteiger partial charge in [0.1, 0.15) is 11.7 Å². The van der Waals surface area contributed by atoms with Crippen LogP contribution in [0.2, 0.25) is 0 Å². The number of aryl methyl sites for hydroxylation is 1. The van der Waals surface area contributed by atoms with E-state index in [1.165, 1.54) is 0 Å². The molecule has 2 amide bonds. The summed E-state index contributed by atoms with van der Waals surface area (Å²) in [5.41, 5.74) is -0.0691. The summed E-state index contributed by atoms with van der Waals surface area (Å²) in [7, 11) is 1.74. The van der Waals surface area contributed by atoms with Gasteiger partial charge in [-0.3, -0.25) is 14.4 Å². The molecule has 0 bridgehead atoms. The van der Waals surface area contributed by atoms with Crippen LogP contribution in [0.3, 0.4) is 0 Å². The van der Waals surface area contributed by atoms with Gasteiger partial charge in [0, 0.05) is 18.0 Å². The Morgan fingerprint density at radius 1 is 1.16 bits per heavy atom. The number of aliphatic hydroxyl groups excluding tert-OH is 2. The molecule has 1 fully saturated rings. The number of aromatic nitrogens is 1. The van der Waals surface area contributed by atoms with Crippen LogP contribution in [-0.4, -0.2) is 69.9 Å². The predicted octanol–water partition coefficient (Wildman–Crippen LogP) is 0.130. The van der Waals surface area contributed by atoms with Gasteiger partial charge in [0.15, 0.2) is 11.4 Å². The number of ether oxygens (including phenoxy) is 1. The molecule has 0 spiro atoms. The fourth-order valence-electron chi connectivity index (χ4n) is 3.62. The van der Waals surface area contributed by atoms with E-state index in [9.17, 15) is 24.6 Å². The first-order chi connectivity index (χ1) is 14.7. The number of rotatable bonds is 10. The largest absolute Gasteiger partial charge is 0.394 e. The molecule has 4 N–H and O–H groups in total. The number of ketones is 1. The Morgan fingerprint density at radius 3 is 2.39 bits per heavy atom. The summed E-state index contributed by atoms with van der Waals surface area (Å²) in [6.07, 6.45) is 0.338. The molecule has 31 heavy (non-hydrogen) atoms. The van der Waals surface area contributed by atoms with Crippen LogP contribution in [0.1, 0.15) is 30.8 Å². The molecule has 1 aromatic heterocycles. The second-order valence-corrected chi connectivity index (χ2v) is 8.35. The first-order valence-corrected chi connectivity index (χ1v) is 10.3. The van der Waals surface area contributed by atoms with Crippen LogP contribution in [0.5, 0.6) is 0 Å². The summed E-state index contributed by atoms with van der Waals surface area (Å²) < 4.78 is 6.84. The third-order valence-electron chi connectivity index (χ3n) is 5.53. The number of nitrogens with zero attached hydrogens (tertiary/aromatic N) is 1. The second-order valence-electron chi connectivity index (χ2n) is 8.35. The fourth-order valence-corrected chi connectivity index (χ4v) is 3.62. The number of hydrogen-bond acceptors (Lipinski definition) is 6. The van der Waals surface area contributed by atoms with Gasteiger partial charge in [-0.25, -0.2) is 0 Å². The van der Waals surface area contributed by atoms with Crippen LogP contribution in [0.25, 0.3) is 10.9 Å². The van der Waals surface area contributed by atoms with Gasteiger partial charge in [0.05, 0.1) is 25.9 Å². The molecule has 0 aliphatic carbocycles. The molecule has 2 aromatic rings. The molecule has 9 heteroatoms. The number of epoxide rings is 1. The Hall–Kier alpha value is -2.75. The smallest absolute Gasteiger partial charge is 0.268 e. The molecule has 2 heterocycles. The minimum Gasteiger partial charge on any atom is -0.394 e. The van der Waals surface area contributed by atoms with E-state index in [2.05, 4.69) is 10.6 Å². The lowest BCUT2D eigenvalue weighted by Gasteiger charge is -2.24. The number of Topliss-reactive ketones (excluding diaryl/α,β-unsaturated/α-hetero) is 1. The molecule has 1 aromatic carbocycles. The molecule has 0 saturated carbocycles. The van der Waals surface area contributed by atoms with Crippen molar-refractivity contribution in [2.75, 3.05) is 19.8 Å². The summed E-state index contributed by atoms with van der Waals surface area (Å²) in [6.45, 7) is 2.81. The van der Waals surface area contributed by atoms with Crippen LogP contribution in [0.15, 0.2) is 30.3 Å². The van der Waals surface area contributed by atoms with Crippen molar-refractivity contribution in [2.45, 2.75) is 38.0 Å². The van der Waals surface area contributed by atoms with Crippen molar-refractivity contribution < 1.29 is 29.3 Å². The Kier molecular flexibility index (Phi) is 6.78. The Bertz CT molecular complexity index is 979. The molecule has 0 radical (unpaired) electrons. The van der Waals surface area contributed by atoms with Gasteiger partial charge >= 0.3 is 0 Å². The molecule has 3 rings (SSSR count). The minimum atomic E-state index is -1.27. The summed E-state index contributed by atoms with van der Waals surface area (Å²) >= 11 is 0. The number of carbonyl (C=O) groups excluding carboxylic acids is 3. The van der Waals surface area contributed by atoms with Crippen molar-refractivity contribution in [3.8, 4) is 0 Å². The van der Waals surface area contributed by atoms with E-state index in [0.29, 0.717) is 12.1 Å². The average Bonchev–Trinajstić information content (AvgIpc) is 3.48. The van der Waals surface area contributed by atoms with E-state index >= 15 is 0 Å². The maximum Gasteiger partial charge on any atom is 0.268 e. The number of benzene rings is 1. The number of fused-ring (bicyclic) bond motifs is 1. The molecule has 9 nitrogen and oxygen atoms in total. The van der Waals surface area contributed by atoms with Crippen LogP contribution < -0.4 is 10.6 Å². The van der Waals surface area contributed by atoms with Gasteiger partial charge in [0.25, 0.3) is 5.91 Å². The zero-order valence-corrected chi connectivity index (χ0v) is 17.9. The number of carbonyl (C=O) groups is 3. The lowest BCUT2D eigenvalue weighted by atomic mass is 9.92. The maximum absolute atomic E-state index is 12.8. The number of para-hydroxylation sites is 1. The molecular weight excluding hydrogens is 402 g/mol. The molecule has 1 aliphatic rings. The monoisotopic (exact) mass is 431 g/mol. The van der Waals surface area contributed by atoms with Crippen molar-refractivity contribution in [1.29, 1.82) is 0 Å². The maximum atomic E-state index is 12.8. The fraction of sp³-hybridized carbons (Fsp3) is 0.500. The molecule has 0 unspecified atom stereocenters. The lowest BCUT2D eigenvalue weighted by molar-refractivity contribution is -0.133. The summed E-state index contributed by atoms with van der Waals surface area (Å²) in [5.74, 6) is -1.52. The highest BCUT2D eigenvalue weighted by atomic mass is 16.6. The first kappa shape index (κ1) is 22.9. The van der Waals surface area contributed by atoms with Crippen LogP contribution in [-0.2, 0) is 21.4 Å². The Balaban J connectivity index is 1.72. The van der Waals surface area contributed by atoms with E-state index in [0.717, 1.165) is 10.9 Å². The average molecular weight is 431 g/mol. The van der Waals surface area contributed by atoms with Crippen molar-refractivity contribution in [1.82, 2.24) is 15.2 Å². The van der Waals surface area contributed by atoms with Crippen molar-refractivity contribution >= 4 is 28.5 Å². The highest BCUT2D eigenvalue weighted by Crippen LogP contribution is 2.30. The summed E-state index contributed by atoms with van der Waals surface area (Å²) in [5, 5.41) is 25.2. The van der Waals surface area contributed by atoms with Crippen LogP contribution in [0, 0.1) is 5.92 Å². The summed E-state index contributed by atoms with van der Waals surface area (Å²) in [6, 6.07) is 7.05. The van der Waals surface area contributed by atoms with Crippen molar-refractivity contribution in [3.05, 3.63) is 36.0 Å². The SMILES string of the molecule is CC(C)C[C@H](NC(=O)[C@H](CO)NC(=O)c1cc2ccccc2n1C)C(=O)[C@@]1(CO)CO1. The van der Waals surface area contributed by atoms with Gasteiger partial charge in [-0.2, -0.15) is 0 Å². The molecule has 1 aliphatic heterocycles. The zero-order valence-electron chi connectivity index (χ0n) is 17.9. The Morgan fingerprint density at radius 2 is 1.84 bits per heavy atom. The van der Waals surface area contributed by atoms with E-state index < -0.39 is 48.5 Å². The molecule has 1 saturated heterocycles. The van der Waals surface area contributed by atoms with Crippen LogP contribution >= 0.6 is 0 Å². The highest BCUT2D eigenvalue weighted by Gasteiger charge is 2.54. The van der Waals surface area contributed by atoms with Gasteiger partial charge < -0.3 is 30.2 Å². The third-order valence-corrected chi connectivity index (χ3v) is 5.53. The normalized spacial score (nSPS) is 19.8. The molecular formula is C22H29N3O6. The Labute approximate surface area is 180 Å².